The highest BCUT2D eigenvalue weighted by Crippen LogP contribution is 2.36. The molecule has 1 saturated heterocycles. The number of aromatic nitrogens is 2. The van der Waals surface area contributed by atoms with Gasteiger partial charge in [-0.05, 0) is 45.5 Å². The highest BCUT2D eigenvalue weighted by Gasteiger charge is 2.39. The number of rotatable bonds is 2. The Hall–Kier alpha value is -2.62. The van der Waals surface area contributed by atoms with E-state index in [0.717, 1.165) is 30.7 Å². The molecule has 4 N–H and O–H groups in total. The van der Waals surface area contributed by atoms with E-state index in [1.54, 1.807) is 6.07 Å². The number of alkyl halides is 3. The van der Waals surface area contributed by atoms with Crippen molar-refractivity contribution in [3.05, 3.63) is 29.6 Å². The van der Waals surface area contributed by atoms with Crippen LogP contribution in [0.2, 0.25) is 0 Å². The van der Waals surface area contributed by atoms with E-state index in [1.807, 2.05) is 12.1 Å². The molecule has 0 saturated carbocycles. The van der Waals surface area contributed by atoms with Gasteiger partial charge in [0.1, 0.15) is 11.3 Å². The standard InChI is InChI=1S/C14H18N4O.C2HF3O2/c1-14(7-4-8-18(14)2)13-16-10-6-3-5-9(12(15)19)11(10)17-13;3-2(4,5)1(6)7/h3,5-6H,4,7-8H2,1-2H3,(H2,15,19)(H,16,17);(H,6,7). The molecule has 26 heavy (non-hydrogen) atoms. The number of amides is 1. The Morgan fingerprint density at radius 1 is 1.38 bits per heavy atom. The van der Waals surface area contributed by atoms with Crippen LogP contribution >= 0.6 is 0 Å². The summed E-state index contributed by atoms with van der Waals surface area (Å²) in [6.45, 7) is 3.25. The van der Waals surface area contributed by atoms with Gasteiger partial charge in [-0.1, -0.05) is 6.07 Å². The number of aliphatic carboxylic acids is 1. The number of likely N-dealkylation sites (tertiary alicyclic amines) is 1. The molecule has 142 valence electrons. The molecule has 1 aliphatic heterocycles. The van der Waals surface area contributed by atoms with Crippen LogP contribution in [0.25, 0.3) is 11.0 Å². The van der Waals surface area contributed by atoms with Crippen LogP contribution in [0, 0.1) is 0 Å². The maximum Gasteiger partial charge on any atom is 0.490 e. The molecule has 3 rings (SSSR count). The number of nitrogens with two attached hydrogens (primary N) is 1. The number of nitrogens with one attached hydrogen (secondary N) is 1. The van der Waals surface area contributed by atoms with Crippen molar-refractivity contribution in [3.8, 4) is 0 Å². The first-order valence-electron chi connectivity index (χ1n) is 7.77. The Labute approximate surface area is 147 Å². The van der Waals surface area contributed by atoms with Crippen LogP contribution in [0.3, 0.4) is 0 Å². The molecule has 1 unspecified atom stereocenters. The minimum atomic E-state index is -5.08. The Morgan fingerprint density at radius 3 is 2.46 bits per heavy atom. The van der Waals surface area contributed by atoms with E-state index in [0.29, 0.717) is 11.1 Å². The van der Waals surface area contributed by atoms with Gasteiger partial charge in [-0.25, -0.2) is 9.78 Å². The maximum atomic E-state index is 11.4. The van der Waals surface area contributed by atoms with Crippen LogP contribution < -0.4 is 5.73 Å². The summed E-state index contributed by atoms with van der Waals surface area (Å²) in [7, 11) is 2.11. The molecule has 0 radical (unpaired) electrons. The summed E-state index contributed by atoms with van der Waals surface area (Å²) in [5.41, 5.74) is 7.33. The smallest absolute Gasteiger partial charge is 0.475 e. The summed E-state index contributed by atoms with van der Waals surface area (Å²) >= 11 is 0. The van der Waals surface area contributed by atoms with Crippen molar-refractivity contribution in [3.63, 3.8) is 0 Å². The van der Waals surface area contributed by atoms with Crippen LogP contribution in [0.5, 0.6) is 0 Å². The molecule has 1 aromatic carbocycles. The monoisotopic (exact) mass is 372 g/mol. The van der Waals surface area contributed by atoms with Crippen molar-refractivity contribution < 1.29 is 27.9 Å². The van der Waals surface area contributed by atoms with Crippen molar-refractivity contribution in [2.75, 3.05) is 13.6 Å². The zero-order valence-corrected chi connectivity index (χ0v) is 14.2. The zero-order chi connectivity index (χ0) is 19.7. The molecule has 1 atom stereocenters. The predicted molar refractivity (Wildman–Crippen MR) is 87.5 cm³/mol. The molecule has 10 heteroatoms. The first-order valence-corrected chi connectivity index (χ1v) is 7.77. The van der Waals surface area contributed by atoms with Gasteiger partial charge in [0.2, 0.25) is 0 Å². The van der Waals surface area contributed by atoms with Crippen molar-refractivity contribution in [2.24, 2.45) is 5.73 Å². The number of H-pyrrole nitrogens is 1. The minimum absolute atomic E-state index is 0.0893. The number of fused-ring (bicyclic) bond motifs is 1. The molecule has 2 heterocycles. The van der Waals surface area contributed by atoms with E-state index < -0.39 is 18.1 Å². The summed E-state index contributed by atoms with van der Waals surface area (Å²) in [6, 6.07) is 5.47. The molecule has 2 aromatic rings. The van der Waals surface area contributed by atoms with Crippen LogP contribution in [-0.4, -0.2) is 51.6 Å². The van der Waals surface area contributed by atoms with E-state index in [2.05, 4.69) is 28.8 Å². The number of hydrogen-bond acceptors (Lipinski definition) is 4. The first-order chi connectivity index (χ1) is 12.0. The number of carbonyl (C=O) groups is 2. The van der Waals surface area contributed by atoms with Gasteiger partial charge in [-0.3, -0.25) is 9.69 Å². The number of aromatic amines is 1. The fraction of sp³-hybridized carbons (Fsp3) is 0.438. The summed E-state index contributed by atoms with van der Waals surface area (Å²) in [5.74, 6) is -2.28. The van der Waals surface area contributed by atoms with Gasteiger partial charge < -0.3 is 15.8 Å². The Kier molecular flexibility index (Phi) is 5.26. The topological polar surface area (TPSA) is 112 Å². The predicted octanol–water partition coefficient (Wildman–Crippen LogP) is 2.24. The molecule has 0 spiro atoms. The van der Waals surface area contributed by atoms with E-state index in [-0.39, 0.29) is 5.54 Å². The Morgan fingerprint density at radius 2 is 2.00 bits per heavy atom. The first kappa shape index (κ1) is 19.7. The van der Waals surface area contributed by atoms with Crippen LogP contribution in [-0.2, 0) is 10.3 Å². The molecule has 0 aliphatic carbocycles. The third kappa shape index (κ3) is 3.79. The van der Waals surface area contributed by atoms with Crippen LogP contribution in [0.1, 0.15) is 35.9 Å². The van der Waals surface area contributed by atoms with Crippen LogP contribution in [0.15, 0.2) is 18.2 Å². The van der Waals surface area contributed by atoms with E-state index >= 15 is 0 Å². The number of benzene rings is 1. The fourth-order valence-corrected chi connectivity index (χ4v) is 2.88. The molecular weight excluding hydrogens is 353 g/mol. The summed E-state index contributed by atoms with van der Waals surface area (Å²) in [6.07, 6.45) is -2.86. The normalized spacial score (nSPS) is 20.7. The second-order valence-corrected chi connectivity index (χ2v) is 6.25. The minimum Gasteiger partial charge on any atom is -0.475 e. The molecule has 1 aliphatic rings. The number of hydrogen-bond donors (Lipinski definition) is 3. The quantitative estimate of drug-likeness (QED) is 0.748. The van der Waals surface area contributed by atoms with E-state index in [9.17, 15) is 18.0 Å². The van der Waals surface area contributed by atoms with Crippen LogP contribution in [0.4, 0.5) is 13.2 Å². The highest BCUT2D eigenvalue weighted by molar-refractivity contribution is 6.04. The Bertz CT molecular complexity index is 834. The molecule has 0 bridgehead atoms. The summed E-state index contributed by atoms with van der Waals surface area (Å²) in [5, 5.41) is 7.12. The Balaban J connectivity index is 0.000000298. The third-order valence-electron chi connectivity index (χ3n) is 4.53. The van der Waals surface area contributed by atoms with Gasteiger partial charge in [0.15, 0.2) is 0 Å². The number of carbonyl (C=O) groups excluding carboxylic acids is 1. The van der Waals surface area contributed by atoms with Gasteiger partial charge in [-0.15, -0.1) is 0 Å². The third-order valence-corrected chi connectivity index (χ3v) is 4.53. The molecular formula is C16H19F3N4O3. The highest BCUT2D eigenvalue weighted by atomic mass is 19.4. The average molecular weight is 372 g/mol. The molecule has 7 nitrogen and oxygen atoms in total. The summed E-state index contributed by atoms with van der Waals surface area (Å²) in [4.78, 5) is 30.6. The zero-order valence-electron chi connectivity index (χ0n) is 14.2. The number of para-hydroxylation sites is 1. The molecule has 1 amide bonds. The lowest BCUT2D eigenvalue weighted by molar-refractivity contribution is -0.192. The van der Waals surface area contributed by atoms with Crippen molar-refractivity contribution in [2.45, 2.75) is 31.5 Å². The van der Waals surface area contributed by atoms with Crippen molar-refractivity contribution in [1.29, 1.82) is 0 Å². The van der Waals surface area contributed by atoms with Gasteiger partial charge >= 0.3 is 12.1 Å². The maximum absolute atomic E-state index is 11.4. The number of primary amides is 1. The second kappa shape index (κ2) is 6.94. The lowest BCUT2D eigenvalue weighted by Gasteiger charge is -2.29. The van der Waals surface area contributed by atoms with Crippen molar-refractivity contribution >= 4 is 22.9 Å². The van der Waals surface area contributed by atoms with Gasteiger partial charge in [0.05, 0.1) is 16.6 Å². The van der Waals surface area contributed by atoms with Gasteiger partial charge in [-0.2, -0.15) is 13.2 Å². The average Bonchev–Trinajstić information content (AvgIpc) is 3.11. The largest absolute Gasteiger partial charge is 0.490 e. The number of imidazole rings is 1. The number of carboxylic acid groups (broad SMARTS) is 1. The van der Waals surface area contributed by atoms with E-state index in [1.165, 1.54) is 0 Å². The molecule has 1 fully saturated rings. The number of carboxylic acids is 1. The molecule has 1 aromatic heterocycles. The second-order valence-electron chi connectivity index (χ2n) is 6.25. The SMILES string of the molecule is CN1CCCC1(C)c1nc2c(C(N)=O)cccc2[nH]1.O=C(O)C(F)(F)F. The fourth-order valence-electron chi connectivity index (χ4n) is 2.88. The lowest BCUT2D eigenvalue weighted by Crippen LogP contribution is -2.36. The summed E-state index contributed by atoms with van der Waals surface area (Å²) < 4.78 is 31.7. The van der Waals surface area contributed by atoms with Crippen molar-refractivity contribution in [1.82, 2.24) is 14.9 Å². The number of halogens is 3. The van der Waals surface area contributed by atoms with E-state index in [4.69, 9.17) is 15.6 Å². The lowest BCUT2D eigenvalue weighted by atomic mass is 9.98. The number of nitrogens with zero attached hydrogens (tertiary/aromatic N) is 2. The van der Waals surface area contributed by atoms with Gasteiger partial charge in [0.25, 0.3) is 5.91 Å². The van der Waals surface area contributed by atoms with Gasteiger partial charge in [0, 0.05) is 0 Å².